The monoisotopic (exact) mass is 394 g/mol. The minimum atomic E-state index is -0.529. The molecule has 5 nitrogen and oxygen atoms in total. The second kappa shape index (κ2) is 7.94. The van der Waals surface area contributed by atoms with Crippen LogP contribution in [0.25, 0.3) is 0 Å². The Labute approximate surface area is 151 Å². The molecule has 1 N–H and O–H groups in total. The maximum atomic E-state index is 12.5. The molecule has 0 fully saturated rings. The van der Waals surface area contributed by atoms with Gasteiger partial charge in [0.25, 0.3) is 5.91 Å². The molecular weight excluding hydrogens is 372 g/mol. The average Bonchev–Trinajstić information content (AvgIpc) is 2.81. The van der Waals surface area contributed by atoms with Crippen molar-refractivity contribution >= 4 is 27.6 Å². The summed E-state index contributed by atoms with van der Waals surface area (Å²) in [6.45, 7) is 8.46. The van der Waals surface area contributed by atoms with E-state index in [4.69, 9.17) is 0 Å². The Bertz CT molecular complexity index is 651. The minimum absolute atomic E-state index is 0.182. The fourth-order valence-electron chi connectivity index (χ4n) is 3.02. The first kappa shape index (κ1) is 18.7. The van der Waals surface area contributed by atoms with Gasteiger partial charge in [-0.2, -0.15) is 0 Å². The first-order valence-corrected chi connectivity index (χ1v) is 8.92. The van der Waals surface area contributed by atoms with E-state index < -0.39 is 17.7 Å². The van der Waals surface area contributed by atoms with Crippen LogP contribution >= 0.6 is 15.9 Å². The number of benzene rings is 1. The first-order chi connectivity index (χ1) is 11.4. The molecule has 1 aromatic rings. The first-order valence-electron chi connectivity index (χ1n) is 8.13. The number of ketones is 1. The Hall–Kier alpha value is -1.66. The van der Waals surface area contributed by atoms with Crippen molar-refractivity contribution in [2.45, 2.75) is 26.8 Å². The standard InChI is InChI=1S/C18H23BrN2O3/c1-4-20(5-2)10-11-21-16(13-6-8-14(19)9-7-13)15(12(3)22)17(23)18(21)24/h6-9,16,23H,4-5,10-11H2,1-3H3/t16-/m1/s1. The number of halogens is 1. The molecule has 1 heterocycles. The van der Waals surface area contributed by atoms with E-state index in [9.17, 15) is 14.7 Å². The van der Waals surface area contributed by atoms with E-state index in [1.807, 2.05) is 24.3 Å². The van der Waals surface area contributed by atoms with Crippen molar-refractivity contribution in [1.82, 2.24) is 9.80 Å². The molecule has 0 aliphatic carbocycles. The third-order valence-corrected chi connectivity index (χ3v) is 4.95. The SMILES string of the molecule is CCN(CC)CCN1C(=O)C(O)=C(C(C)=O)[C@H]1c1ccc(Br)cc1. The summed E-state index contributed by atoms with van der Waals surface area (Å²) in [5, 5.41) is 10.2. The number of carbonyl (C=O) groups is 2. The Morgan fingerprint density at radius 2 is 1.83 bits per heavy atom. The molecule has 6 heteroatoms. The summed E-state index contributed by atoms with van der Waals surface area (Å²) >= 11 is 3.39. The lowest BCUT2D eigenvalue weighted by Crippen LogP contribution is -2.38. The summed E-state index contributed by atoms with van der Waals surface area (Å²) in [4.78, 5) is 28.3. The number of nitrogens with zero attached hydrogens (tertiary/aromatic N) is 2. The summed E-state index contributed by atoms with van der Waals surface area (Å²) in [6, 6.07) is 6.95. The third kappa shape index (κ3) is 3.70. The minimum Gasteiger partial charge on any atom is -0.503 e. The summed E-state index contributed by atoms with van der Waals surface area (Å²) in [5.74, 6) is -1.17. The molecule has 1 amide bonds. The molecule has 0 spiro atoms. The molecule has 1 aromatic carbocycles. The summed E-state index contributed by atoms with van der Waals surface area (Å²) in [5.41, 5.74) is 1.00. The predicted molar refractivity (Wildman–Crippen MR) is 96.7 cm³/mol. The number of rotatable bonds is 7. The van der Waals surface area contributed by atoms with Gasteiger partial charge < -0.3 is 14.9 Å². The normalized spacial score (nSPS) is 18.0. The van der Waals surface area contributed by atoms with Crippen LogP contribution in [0.4, 0.5) is 0 Å². The van der Waals surface area contributed by atoms with E-state index in [-0.39, 0.29) is 11.4 Å². The number of amides is 1. The highest BCUT2D eigenvalue weighted by Crippen LogP contribution is 2.37. The zero-order valence-electron chi connectivity index (χ0n) is 14.3. The van der Waals surface area contributed by atoms with E-state index >= 15 is 0 Å². The lowest BCUT2D eigenvalue weighted by Gasteiger charge is -2.29. The van der Waals surface area contributed by atoms with E-state index in [0.717, 1.165) is 23.1 Å². The Kier molecular flexibility index (Phi) is 6.18. The van der Waals surface area contributed by atoms with Crippen LogP contribution in [0.15, 0.2) is 40.1 Å². The molecule has 130 valence electrons. The maximum Gasteiger partial charge on any atom is 0.290 e. The predicted octanol–water partition coefficient (Wildman–Crippen LogP) is 3.08. The molecule has 1 aliphatic heterocycles. The van der Waals surface area contributed by atoms with E-state index in [2.05, 4.69) is 34.7 Å². The molecular formula is C18H23BrN2O3. The Balaban J connectivity index is 2.36. The van der Waals surface area contributed by atoms with Gasteiger partial charge in [0.15, 0.2) is 11.5 Å². The largest absolute Gasteiger partial charge is 0.503 e. The topological polar surface area (TPSA) is 60.9 Å². The van der Waals surface area contributed by atoms with Gasteiger partial charge in [-0.05, 0) is 37.7 Å². The van der Waals surface area contributed by atoms with E-state index in [1.165, 1.54) is 6.92 Å². The van der Waals surface area contributed by atoms with Crippen LogP contribution in [0.3, 0.4) is 0 Å². The zero-order chi connectivity index (χ0) is 17.9. The van der Waals surface area contributed by atoms with Crippen molar-refractivity contribution in [3.8, 4) is 0 Å². The fourth-order valence-corrected chi connectivity index (χ4v) is 3.29. The summed E-state index contributed by atoms with van der Waals surface area (Å²) in [7, 11) is 0. The second-order valence-electron chi connectivity index (χ2n) is 5.80. The molecule has 0 saturated carbocycles. The Morgan fingerprint density at radius 1 is 1.25 bits per heavy atom. The van der Waals surface area contributed by atoms with Crippen molar-refractivity contribution in [3.05, 3.63) is 45.6 Å². The average molecular weight is 395 g/mol. The quantitative estimate of drug-likeness (QED) is 0.771. The third-order valence-electron chi connectivity index (χ3n) is 4.42. The summed E-state index contributed by atoms with van der Waals surface area (Å²) < 4.78 is 0.919. The smallest absolute Gasteiger partial charge is 0.290 e. The number of likely N-dealkylation sites (N-methyl/N-ethyl adjacent to an activating group) is 1. The number of hydrogen-bond donors (Lipinski definition) is 1. The highest BCUT2D eigenvalue weighted by molar-refractivity contribution is 9.10. The number of hydrogen-bond acceptors (Lipinski definition) is 4. The van der Waals surface area contributed by atoms with Crippen molar-refractivity contribution in [1.29, 1.82) is 0 Å². The number of carbonyl (C=O) groups excluding carboxylic acids is 2. The van der Waals surface area contributed by atoms with Gasteiger partial charge in [-0.25, -0.2) is 0 Å². The molecule has 0 unspecified atom stereocenters. The van der Waals surface area contributed by atoms with Crippen molar-refractivity contribution in [2.24, 2.45) is 0 Å². The second-order valence-corrected chi connectivity index (χ2v) is 6.71. The van der Waals surface area contributed by atoms with Crippen LogP contribution in [0.2, 0.25) is 0 Å². The highest BCUT2D eigenvalue weighted by Gasteiger charge is 2.42. The Morgan fingerprint density at radius 3 is 2.33 bits per heavy atom. The van der Waals surface area contributed by atoms with Crippen LogP contribution in [-0.2, 0) is 9.59 Å². The van der Waals surface area contributed by atoms with Crippen LogP contribution in [0.1, 0.15) is 32.4 Å². The van der Waals surface area contributed by atoms with Gasteiger partial charge >= 0.3 is 0 Å². The molecule has 0 radical (unpaired) electrons. The van der Waals surface area contributed by atoms with Crippen LogP contribution in [0, 0.1) is 0 Å². The van der Waals surface area contributed by atoms with Crippen LogP contribution in [-0.4, -0.2) is 52.8 Å². The van der Waals surface area contributed by atoms with Crippen molar-refractivity contribution in [2.75, 3.05) is 26.2 Å². The summed E-state index contributed by atoms with van der Waals surface area (Å²) in [6.07, 6.45) is 0. The fraction of sp³-hybridized carbons (Fsp3) is 0.444. The van der Waals surface area contributed by atoms with Gasteiger partial charge in [0.05, 0.1) is 11.6 Å². The lowest BCUT2D eigenvalue weighted by molar-refractivity contribution is -0.129. The molecule has 0 aromatic heterocycles. The molecule has 2 rings (SSSR count). The van der Waals surface area contributed by atoms with Gasteiger partial charge in [0.1, 0.15) is 0 Å². The van der Waals surface area contributed by atoms with Gasteiger partial charge in [-0.3, -0.25) is 9.59 Å². The van der Waals surface area contributed by atoms with Crippen LogP contribution in [0.5, 0.6) is 0 Å². The molecule has 1 aliphatic rings. The molecule has 0 saturated heterocycles. The number of aliphatic hydroxyl groups excluding tert-OH is 1. The number of aliphatic hydroxyl groups is 1. The maximum absolute atomic E-state index is 12.5. The zero-order valence-corrected chi connectivity index (χ0v) is 15.8. The van der Waals surface area contributed by atoms with Crippen LogP contribution < -0.4 is 0 Å². The number of Topliss-reactive ketones (excluding diaryl/α,β-unsaturated/α-hetero) is 1. The van der Waals surface area contributed by atoms with E-state index in [0.29, 0.717) is 13.1 Å². The van der Waals surface area contributed by atoms with Gasteiger partial charge in [0, 0.05) is 17.6 Å². The lowest BCUT2D eigenvalue weighted by atomic mass is 9.97. The van der Waals surface area contributed by atoms with E-state index in [1.54, 1.807) is 4.90 Å². The van der Waals surface area contributed by atoms with Crippen molar-refractivity contribution < 1.29 is 14.7 Å². The van der Waals surface area contributed by atoms with Crippen molar-refractivity contribution in [3.63, 3.8) is 0 Å². The molecule has 24 heavy (non-hydrogen) atoms. The van der Waals surface area contributed by atoms with Gasteiger partial charge in [0.2, 0.25) is 0 Å². The highest BCUT2D eigenvalue weighted by atomic mass is 79.9. The molecule has 1 atom stereocenters. The molecule has 0 bridgehead atoms. The van der Waals surface area contributed by atoms with Gasteiger partial charge in [-0.1, -0.05) is 41.9 Å². The van der Waals surface area contributed by atoms with Gasteiger partial charge in [-0.15, -0.1) is 0 Å².